The van der Waals surface area contributed by atoms with Crippen molar-refractivity contribution in [3.8, 4) is 5.75 Å². The molecular weight excluding hydrogens is 440 g/mol. The largest absolute Gasteiger partial charge is 0.489 e. The van der Waals surface area contributed by atoms with Gasteiger partial charge in [-0.2, -0.15) is 0 Å². The average Bonchev–Trinajstić information content (AvgIpc) is 3.17. The van der Waals surface area contributed by atoms with Gasteiger partial charge in [-0.05, 0) is 50.4 Å². The maximum absolute atomic E-state index is 14.0. The number of carbonyl (C=O) groups is 2. The van der Waals surface area contributed by atoms with Crippen LogP contribution in [-0.4, -0.2) is 50.5 Å². The van der Waals surface area contributed by atoms with Gasteiger partial charge in [0.05, 0.1) is 12.1 Å². The Balaban J connectivity index is 1.51. The molecule has 1 unspecified atom stereocenters. The molecule has 3 N–H and O–H groups in total. The number of piperidine rings is 1. The number of nitrogens with one attached hydrogen (secondary N) is 3. The monoisotopic (exact) mass is 471 g/mol. The van der Waals surface area contributed by atoms with Crippen LogP contribution in [0.2, 0.25) is 0 Å². The van der Waals surface area contributed by atoms with Crippen LogP contribution >= 0.6 is 0 Å². The second-order valence-electron chi connectivity index (χ2n) is 9.05. The summed E-state index contributed by atoms with van der Waals surface area (Å²) in [6.45, 7) is 2.54. The molecular formula is C26H31F2N3O3. The van der Waals surface area contributed by atoms with Crippen LogP contribution < -0.4 is 20.7 Å². The van der Waals surface area contributed by atoms with E-state index in [0.29, 0.717) is 49.2 Å². The Morgan fingerprint density at radius 3 is 2.65 bits per heavy atom. The third-order valence-electron chi connectivity index (χ3n) is 6.76. The number of alkyl halides is 2. The van der Waals surface area contributed by atoms with Gasteiger partial charge in [-0.25, -0.2) is 8.78 Å². The molecule has 2 amide bonds. The summed E-state index contributed by atoms with van der Waals surface area (Å²) >= 11 is 0. The summed E-state index contributed by atoms with van der Waals surface area (Å²) in [5, 5.41) is 8.18. The first-order valence-corrected chi connectivity index (χ1v) is 11.8. The van der Waals surface area contributed by atoms with E-state index in [1.807, 2.05) is 37.3 Å². The summed E-state index contributed by atoms with van der Waals surface area (Å²) in [6, 6.07) is 13.1. The third kappa shape index (κ3) is 4.92. The highest BCUT2D eigenvalue weighted by molar-refractivity contribution is 6.02. The number of benzene rings is 2. The molecule has 4 rings (SSSR count). The smallest absolute Gasteiger partial charge is 0.263 e. The highest BCUT2D eigenvalue weighted by Crippen LogP contribution is 2.45. The van der Waals surface area contributed by atoms with Crippen molar-refractivity contribution in [1.82, 2.24) is 16.0 Å². The first kappa shape index (κ1) is 24.1. The third-order valence-corrected chi connectivity index (χ3v) is 6.76. The van der Waals surface area contributed by atoms with Crippen LogP contribution in [0.3, 0.4) is 0 Å². The van der Waals surface area contributed by atoms with Crippen LogP contribution in [0.5, 0.6) is 5.75 Å². The van der Waals surface area contributed by atoms with Crippen LogP contribution in [0.4, 0.5) is 8.78 Å². The topological polar surface area (TPSA) is 79.5 Å². The molecule has 2 aliphatic heterocycles. The van der Waals surface area contributed by atoms with Crippen molar-refractivity contribution < 1.29 is 23.1 Å². The van der Waals surface area contributed by atoms with Crippen LogP contribution in [-0.2, 0) is 0 Å². The normalized spacial score (nSPS) is 23.0. The van der Waals surface area contributed by atoms with E-state index in [9.17, 15) is 18.4 Å². The summed E-state index contributed by atoms with van der Waals surface area (Å²) in [6.07, 6.45) is 1.04. The van der Waals surface area contributed by atoms with Crippen LogP contribution in [0.15, 0.2) is 42.5 Å². The molecule has 0 spiro atoms. The van der Waals surface area contributed by atoms with Crippen LogP contribution in [0, 0.1) is 5.92 Å². The van der Waals surface area contributed by atoms with Crippen molar-refractivity contribution in [2.24, 2.45) is 5.92 Å². The zero-order chi connectivity index (χ0) is 24.3. The van der Waals surface area contributed by atoms with Gasteiger partial charge >= 0.3 is 0 Å². The molecule has 0 bridgehead atoms. The number of carbonyl (C=O) groups excluding carboxylic acids is 2. The Kier molecular flexibility index (Phi) is 7.16. The molecule has 6 nitrogen and oxygen atoms in total. The lowest BCUT2D eigenvalue weighted by atomic mass is 9.87. The Morgan fingerprint density at radius 1 is 1.18 bits per heavy atom. The number of halogens is 2. The summed E-state index contributed by atoms with van der Waals surface area (Å²) in [5.41, 5.74) is 2.49. The quantitative estimate of drug-likeness (QED) is 0.538. The van der Waals surface area contributed by atoms with Gasteiger partial charge in [-0.1, -0.05) is 30.3 Å². The molecule has 3 atom stereocenters. The molecule has 0 saturated carbocycles. The van der Waals surface area contributed by atoms with Crippen molar-refractivity contribution in [2.45, 2.75) is 44.1 Å². The number of amides is 2. The van der Waals surface area contributed by atoms with Crippen molar-refractivity contribution in [3.63, 3.8) is 0 Å². The van der Waals surface area contributed by atoms with E-state index in [-0.39, 0.29) is 30.4 Å². The van der Waals surface area contributed by atoms with Crippen molar-refractivity contribution >= 4 is 11.8 Å². The van der Waals surface area contributed by atoms with E-state index in [4.69, 9.17) is 4.74 Å². The lowest BCUT2D eigenvalue weighted by Gasteiger charge is -2.31. The molecule has 2 heterocycles. The van der Waals surface area contributed by atoms with E-state index in [1.54, 1.807) is 6.07 Å². The lowest BCUT2D eigenvalue weighted by Crippen LogP contribution is -2.46. The molecule has 2 aromatic carbocycles. The van der Waals surface area contributed by atoms with Crippen molar-refractivity contribution in [1.29, 1.82) is 0 Å². The van der Waals surface area contributed by atoms with E-state index in [1.165, 1.54) is 13.1 Å². The minimum Gasteiger partial charge on any atom is -0.489 e. The predicted octanol–water partition coefficient (Wildman–Crippen LogP) is 3.71. The number of hydrogen-bond donors (Lipinski definition) is 3. The molecule has 34 heavy (non-hydrogen) atoms. The van der Waals surface area contributed by atoms with E-state index in [2.05, 4.69) is 16.0 Å². The number of fused-ring (bicyclic) bond motifs is 1. The first-order chi connectivity index (χ1) is 16.3. The maximum Gasteiger partial charge on any atom is 0.263 e. The standard InChI is InChI=1S/C26H31F2N3O3/c1-16-22(17-7-4-3-5-8-17)20-13-18(14-21(23(20)34-16)25(33)29-2)24(32)31-11-6-9-19-10-12-30-15-26(19,27)28/h3-5,7-8,13-14,16,19,22,30H,6,9-12,15H2,1-2H3,(H,29,33)(H,31,32)/t16-,19?,22+/m0/s1. The van der Waals surface area contributed by atoms with E-state index >= 15 is 0 Å². The number of hydrogen-bond acceptors (Lipinski definition) is 4. The molecule has 0 radical (unpaired) electrons. The second kappa shape index (κ2) is 10.1. The maximum atomic E-state index is 14.0. The Morgan fingerprint density at radius 2 is 1.94 bits per heavy atom. The SMILES string of the molecule is CNC(=O)c1cc(C(=O)NCCCC2CCNCC2(F)F)cc2c1O[C@@H](C)[C@@H]2c1ccccc1. The van der Waals surface area contributed by atoms with Gasteiger partial charge in [0.15, 0.2) is 0 Å². The summed E-state index contributed by atoms with van der Waals surface area (Å²) in [4.78, 5) is 25.6. The Hall–Kier alpha value is -3.00. The molecule has 1 saturated heterocycles. The zero-order valence-electron chi connectivity index (χ0n) is 19.5. The summed E-state index contributed by atoms with van der Waals surface area (Å²) in [5.74, 6) is -3.68. The summed E-state index contributed by atoms with van der Waals surface area (Å²) in [7, 11) is 1.53. The number of rotatable bonds is 7. The molecule has 2 aromatic rings. The molecule has 2 aliphatic rings. The fourth-order valence-corrected chi connectivity index (χ4v) is 4.96. The molecule has 0 aliphatic carbocycles. The minimum atomic E-state index is -2.71. The van der Waals surface area contributed by atoms with Gasteiger partial charge in [0.25, 0.3) is 17.7 Å². The van der Waals surface area contributed by atoms with Gasteiger partial charge < -0.3 is 20.7 Å². The van der Waals surface area contributed by atoms with Gasteiger partial charge in [0, 0.05) is 36.6 Å². The average molecular weight is 472 g/mol. The summed E-state index contributed by atoms with van der Waals surface area (Å²) < 4.78 is 34.1. The van der Waals surface area contributed by atoms with Gasteiger partial charge in [0.1, 0.15) is 11.9 Å². The predicted molar refractivity (Wildman–Crippen MR) is 126 cm³/mol. The second-order valence-corrected chi connectivity index (χ2v) is 9.05. The zero-order valence-corrected chi connectivity index (χ0v) is 19.5. The first-order valence-electron chi connectivity index (χ1n) is 11.8. The fourth-order valence-electron chi connectivity index (χ4n) is 4.96. The van der Waals surface area contributed by atoms with Crippen molar-refractivity contribution in [2.75, 3.05) is 26.7 Å². The van der Waals surface area contributed by atoms with Gasteiger partial charge in [-0.3, -0.25) is 9.59 Å². The van der Waals surface area contributed by atoms with Gasteiger partial charge in [-0.15, -0.1) is 0 Å². The Labute approximate surface area is 198 Å². The van der Waals surface area contributed by atoms with Gasteiger partial charge in [0.2, 0.25) is 0 Å². The molecule has 182 valence electrons. The molecule has 0 aromatic heterocycles. The Bertz CT molecular complexity index is 1050. The van der Waals surface area contributed by atoms with Crippen molar-refractivity contribution in [3.05, 3.63) is 64.7 Å². The van der Waals surface area contributed by atoms with Crippen LogP contribution in [0.1, 0.15) is 63.9 Å². The minimum absolute atomic E-state index is 0.116. The van der Waals surface area contributed by atoms with E-state index in [0.717, 1.165) is 11.1 Å². The highest BCUT2D eigenvalue weighted by atomic mass is 19.3. The highest BCUT2D eigenvalue weighted by Gasteiger charge is 2.41. The van der Waals surface area contributed by atoms with E-state index < -0.39 is 11.8 Å². The lowest BCUT2D eigenvalue weighted by molar-refractivity contribution is -0.0762. The number of ether oxygens (including phenoxy) is 1. The fraction of sp³-hybridized carbons (Fsp3) is 0.462. The van der Waals surface area contributed by atoms with Crippen LogP contribution in [0.25, 0.3) is 0 Å². The molecule has 8 heteroatoms. The molecule has 1 fully saturated rings.